The Kier molecular flexibility index (Phi) is 4.20. The lowest BCUT2D eigenvalue weighted by molar-refractivity contribution is -0.0387. The summed E-state index contributed by atoms with van der Waals surface area (Å²) >= 11 is 0. The molecule has 1 saturated heterocycles. The molecule has 5 nitrogen and oxygen atoms in total. The van der Waals surface area contributed by atoms with Gasteiger partial charge in [0, 0.05) is 12.1 Å². The van der Waals surface area contributed by atoms with E-state index in [1.807, 2.05) is 19.3 Å². The number of anilines is 1. The lowest BCUT2D eigenvalue weighted by atomic mass is 10.1. The number of hydrazine groups is 1. The van der Waals surface area contributed by atoms with Gasteiger partial charge in [0.1, 0.15) is 5.69 Å². The van der Waals surface area contributed by atoms with Gasteiger partial charge in [-0.05, 0) is 26.0 Å². The third kappa shape index (κ3) is 2.73. The van der Waals surface area contributed by atoms with Crippen LogP contribution in [-0.2, 0) is 4.74 Å². The number of amides is 1. The van der Waals surface area contributed by atoms with Crippen LogP contribution in [0.5, 0.6) is 0 Å². The molecule has 7 heteroatoms. The highest BCUT2D eigenvalue weighted by Crippen LogP contribution is 2.22. The third-order valence-electron chi connectivity index (χ3n) is 3.30. The molecule has 1 fully saturated rings. The van der Waals surface area contributed by atoms with Crippen molar-refractivity contribution in [1.82, 2.24) is 4.90 Å². The summed E-state index contributed by atoms with van der Waals surface area (Å²) in [5.74, 6) is 2.80. The van der Waals surface area contributed by atoms with Crippen molar-refractivity contribution in [1.29, 1.82) is 0 Å². The highest BCUT2D eigenvalue weighted by Gasteiger charge is 2.29. The molecule has 20 heavy (non-hydrogen) atoms. The second-order valence-electron chi connectivity index (χ2n) is 4.91. The number of carbonyl (C=O) groups is 1. The summed E-state index contributed by atoms with van der Waals surface area (Å²) in [6, 6.07) is 1.82. The summed E-state index contributed by atoms with van der Waals surface area (Å²) in [6.45, 7) is 4.46. The second kappa shape index (κ2) is 5.72. The number of nitrogens with two attached hydrogens (primary N) is 1. The SMILES string of the molecule is CC1CN(C(=O)c2cc(F)c(NN)c(F)c2)C(C)CO1. The summed E-state index contributed by atoms with van der Waals surface area (Å²) < 4.78 is 32.7. The van der Waals surface area contributed by atoms with Gasteiger partial charge in [-0.2, -0.15) is 0 Å². The van der Waals surface area contributed by atoms with E-state index in [2.05, 4.69) is 0 Å². The van der Waals surface area contributed by atoms with Crippen LogP contribution in [0.1, 0.15) is 24.2 Å². The molecule has 1 heterocycles. The first-order valence-electron chi connectivity index (χ1n) is 6.32. The van der Waals surface area contributed by atoms with Crippen LogP contribution in [0.15, 0.2) is 12.1 Å². The van der Waals surface area contributed by atoms with Crippen LogP contribution < -0.4 is 11.3 Å². The fourth-order valence-corrected chi connectivity index (χ4v) is 2.19. The summed E-state index contributed by atoms with van der Waals surface area (Å²) in [5.41, 5.74) is 1.43. The van der Waals surface area contributed by atoms with Gasteiger partial charge in [-0.25, -0.2) is 8.78 Å². The van der Waals surface area contributed by atoms with E-state index < -0.39 is 23.2 Å². The van der Waals surface area contributed by atoms with E-state index in [9.17, 15) is 13.6 Å². The van der Waals surface area contributed by atoms with E-state index in [0.29, 0.717) is 13.2 Å². The summed E-state index contributed by atoms with van der Waals surface area (Å²) in [5, 5.41) is 0. The average molecular weight is 285 g/mol. The van der Waals surface area contributed by atoms with Crippen LogP contribution >= 0.6 is 0 Å². The summed E-state index contributed by atoms with van der Waals surface area (Å²) in [6.07, 6.45) is -0.102. The number of nitrogen functional groups attached to an aromatic ring is 1. The Labute approximate surface area is 115 Å². The van der Waals surface area contributed by atoms with Crippen LogP contribution in [-0.4, -0.2) is 36.1 Å². The van der Waals surface area contributed by atoms with Gasteiger partial charge < -0.3 is 15.1 Å². The molecule has 1 aliphatic rings. The quantitative estimate of drug-likeness (QED) is 0.638. The van der Waals surface area contributed by atoms with E-state index in [4.69, 9.17) is 10.6 Å². The minimum absolute atomic E-state index is 0.0417. The van der Waals surface area contributed by atoms with E-state index in [1.165, 1.54) is 0 Å². The molecule has 2 atom stereocenters. The molecule has 1 amide bonds. The van der Waals surface area contributed by atoms with Crippen molar-refractivity contribution in [3.05, 3.63) is 29.3 Å². The van der Waals surface area contributed by atoms with Gasteiger partial charge in [0.05, 0.1) is 18.8 Å². The average Bonchev–Trinajstić information content (AvgIpc) is 2.40. The minimum Gasteiger partial charge on any atom is -0.375 e. The molecule has 0 aromatic heterocycles. The molecule has 0 saturated carbocycles. The maximum atomic E-state index is 13.6. The third-order valence-corrected chi connectivity index (χ3v) is 3.30. The number of morpholine rings is 1. The monoisotopic (exact) mass is 285 g/mol. The number of halogens is 2. The van der Waals surface area contributed by atoms with Crippen molar-refractivity contribution in [3.63, 3.8) is 0 Å². The van der Waals surface area contributed by atoms with Crippen LogP contribution in [0.4, 0.5) is 14.5 Å². The van der Waals surface area contributed by atoms with Gasteiger partial charge in [-0.3, -0.25) is 10.6 Å². The molecule has 3 N–H and O–H groups in total. The zero-order valence-corrected chi connectivity index (χ0v) is 11.3. The number of carbonyl (C=O) groups excluding carboxylic acids is 1. The number of rotatable bonds is 2. The van der Waals surface area contributed by atoms with Gasteiger partial charge in [-0.1, -0.05) is 0 Å². The molecule has 0 radical (unpaired) electrons. The largest absolute Gasteiger partial charge is 0.375 e. The van der Waals surface area contributed by atoms with Crippen molar-refractivity contribution in [2.45, 2.75) is 26.0 Å². The Bertz CT molecular complexity index is 501. The lowest BCUT2D eigenvalue weighted by Crippen LogP contribution is -2.50. The molecule has 0 bridgehead atoms. The van der Waals surface area contributed by atoms with E-state index >= 15 is 0 Å². The van der Waals surface area contributed by atoms with Crippen LogP contribution in [0.3, 0.4) is 0 Å². The fraction of sp³-hybridized carbons (Fsp3) is 0.462. The Morgan fingerprint density at radius 3 is 2.55 bits per heavy atom. The molecular weight excluding hydrogens is 268 g/mol. The number of hydrogen-bond acceptors (Lipinski definition) is 4. The Hall–Kier alpha value is -1.73. The van der Waals surface area contributed by atoms with Crippen molar-refractivity contribution in [2.75, 3.05) is 18.6 Å². The summed E-state index contributed by atoms with van der Waals surface area (Å²) in [4.78, 5) is 13.9. The molecule has 110 valence electrons. The second-order valence-corrected chi connectivity index (χ2v) is 4.91. The molecule has 1 aromatic carbocycles. The zero-order chi connectivity index (χ0) is 14.9. The predicted molar refractivity (Wildman–Crippen MR) is 70.1 cm³/mol. The van der Waals surface area contributed by atoms with Gasteiger partial charge in [-0.15, -0.1) is 0 Å². The van der Waals surface area contributed by atoms with Gasteiger partial charge in [0.2, 0.25) is 0 Å². The normalized spacial score (nSPS) is 22.8. The number of nitrogens with one attached hydrogen (secondary N) is 1. The minimum atomic E-state index is -0.898. The number of benzene rings is 1. The van der Waals surface area contributed by atoms with E-state index in [1.54, 1.807) is 4.90 Å². The molecule has 0 aliphatic carbocycles. The van der Waals surface area contributed by atoms with Crippen LogP contribution in [0.2, 0.25) is 0 Å². The zero-order valence-electron chi connectivity index (χ0n) is 11.3. The molecule has 0 spiro atoms. The van der Waals surface area contributed by atoms with Crippen molar-refractivity contribution >= 4 is 11.6 Å². The van der Waals surface area contributed by atoms with E-state index in [0.717, 1.165) is 12.1 Å². The molecular formula is C13H17F2N3O2. The number of nitrogens with zero attached hydrogens (tertiary/aromatic N) is 1. The lowest BCUT2D eigenvalue weighted by Gasteiger charge is -2.36. The highest BCUT2D eigenvalue weighted by atomic mass is 19.1. The Morgan fingerprint density at radius 2 is 2.00 bits per heavy atom. The Balaban J connectivity index is 2.29. The topological polar surface area (TPSA) is 67.6 Å². The van der Waals surface area contributed by atoms with Crippen LogP contribution in [0.25, 0.3) is 0 Å². The maximum Gasteiger partial charge on any atom is 0.254 e. The number of hydrogen-bond donors (Lipinski definition) is 2. The highest BCUT2D eigenvalue weighted by molar-refractivity contribution is 5.95. The first-order valence-corrected chi connectivity index (χ1v) is 6.32. The maximum absolute atomic E-state index is 13.6. The first kappa shape index (κ1) is 14.7. The fourth-order valence-electron chi connectivity index (χ4n) is 2.19. The van der Waals surface area contributed by atoms with Gasteiger partial charge >= 0.3 is 0 Å². The molecule has 2 rings (SSSR count). The van der Waals surface area contributed by atoms with Gasteiger partial charge in [0.25, 0.3) is 5.91 Å². The first-order chi connectivity index (χ1) is 9.43. The summed E-state index contributed by atoms with van der Waals surface area (Å²) in [7, 11) is 0. The number of ether oxygens (including phenoxy) is 1. The van der Waals surface area contributed by atoms with Crippen molar-refractivity contribution in [2.24, 2.45) is 5.84 Å². The predicted octanol–water partition coefficient (Wildman–Crippen LogP) is 1.50. The van der Waals surface area contributed by atoms with E-state index in [-0.39, 0.29) is 17.7 Å². The van der Waals surface area contributed by atoms with Crippen molar-refractivity contribution in [3.8, 4) is 0 Å². The molecule has 1 aromatic rings. The smallest absolute Gasteiger partial charge is 0.254 e. The molecule has 2 unspecified atom stereocenters. The standard InChI is InChI=1S/C13H17F2N3O2/c1-7-6-20-8(2)5-18(7)13(19)9-3-10(14)12(17-16)11(15)4-9/h3-4,7-8,17H,5-6,16H2,1-2H3. The Morgan fingerprint density at radius 1 is 1.40 bits per heavy atom. The molecule has 1 aliphatic heterocycles. The van der Waals surface area contributed by atoms with Crippen molar-refractivity contribution < 1.29 is 18.3 Å². The van der Waals surface area contributed by atoms with Crippen LogP contribution in [0, 0.1) is 11.6 Å². The van der Waals surface area contributed by atoms with Gasteiger partial charge in [0.15, 0.2) is 11.6 Å².